The van der Waals surface area contributed by atoms with Crippen molar-refractivity contribution in [2.45, 2.75) is 52.1 Å². The molecule has 0 aliphatic heterocycles. The molecular weight excluding hydrogens is 448 g/mol. The Morgan fingerprint density at radius 2 is 1.97 bits per heavy atom. The van der Waals surface area contributed by atoms with Gasteiger partial charge in [-0.1, -0.05) is 5.92 Å². The van der Waals surface area contributed by atoms with Gasteiger partial charge in [0.2, 0.25) is 5.91 Å². The van der Waals surface area contributed by atoms with Gasteiger partial charge in [-0.3, -0.25) is 4.79 Å². The molecule has 186 valence electrons. The van der Waals surface area contributed by atoms with Crippen LogP contribution in [-0.2, 0) is 14.3 Å². The molecule has 0 saturated heterocycles. The summed E-state index contributed by atoms with van der Waals surface area (Å²) in [6.45, 7) is 7.61. The van der Waals surface area contributed by atoms with E-state index in [1.165, 1.54) is 11.9 Å². The maximum atomic E-state index is 12.5. The van der Waals surface area contributed by atoms with E-state index in [1.807, 2.05) is 25.1 Å². The first-order valence-corrected chi connectivity index (χ1v) is 11.5. The van der Waals surface area contributed by atoms with E-state index in [2.05, 4.69) is 21.4 Å². The van der Waals surface area contributed by atoms with Gasteiger partial charge in [-0.15, -0.1) is 16.6 Å². The van der Waals surface area contributed by atoms with E-state index in [9.17, 15) is 9.59 Å². The molecule has 1 aliphatic rings. The third-order valence-electron chi connectivity index (χ3n) is 5.10. The monoisotopic (exact) mass is 480 g/mol. The second-order valence-corrected chi connectivity index (χ2v) is 9.30. The second-order valence-electron chi connectivity index (χ2n) is 9.30. The molecule has 1 N–H and O–H groups in total. The van der Waals surface area contributed by atoms with Gasteiger partial charge in [0.1, 0.15) is 23.6 Å². The number of hydrogen-bond acceptors (Lipinski definition) is 7. The fraction of sp³-hybridized carbons (Fsp3) is 0.462. The molecule has 1 heterocycles. The Bertz CT molecular complexity index is 1120. The SMILES string of the molecule is C#Cc1ccc(-c2nnc(NC(=O)CN(C)C(=O)OC(C)(C)C)cc2C2CC2)c(OCOCC)c1. The van der Waals surface area contributed by atoms with Crippen LogP contribution in [0.1, 0.15) is 57.6 Å². The highest BCUT2D eigenvalue weighted by atomic mass is 16.7. The predicted molar refractivity (Wildman–Crippen MR) is 132 cm³/mol. The van der Waals surface area contributed by atoms with E-state index in [4.69, 9.17) is 20.6 Å². The van der Waals surface area contributed by atoms with Crippen molar-refractivity contribution in [1.82, 2.24) is 15.1 Å². The number of terminal acetylenes is 1. The summed E-state index contributed by atoms with van der Waals surface area (Å²) in [7, 11) is 1.50. The Morgan fingerprint density at radius 1 is 1.23 bits per heavy atom. The lowest BCUT2D eigenvalue weighted by atomic mass is 10.0. The lowest BCUT2D eigenvalue weighted by molar-refractivity contribution is -0.117. The molecule has 1 aliphatic carbocycles. The average molecular weight is 481 g/mol. The topological polar surface area (TPSA) is 103 Å². The Morgan fingerprint density at radius 3 is 2.60 bits per heavy atom. The number of nitrogens with one attached hydrogen (secondary N) is 1. The molecule has 0 bridgehead atoms. The number of rotatable bonds is 9. The van der Waals surface area contributed by atoms with E-state index in [-0.39, 0.29) is 13.3 Å². The van der Waals surface area contributed by atoms with Crippen molar-refractivity contribution in [3.05, 3.63) is 35.4 Å². The third-order valence-corrected chi connectivity index (χ3v) is 5.10. The smallest absolute Gasteiger partial charge is 0.410 e. The zero-order valence-corrected chi connectivity index (χ0v) is 20.9. The summed E-state index contributed by atoms with van der Waals surface area (Å²) in [4.78, 5) is 25.9. The van der Waals surface area contributed by atoms with Gasteiger partial charge in [0.25, 0.3) is 0 Å². The summed E-state index contributed by atoms with van der Waals surface area (Å²) in [6, 6.07) is 7.28. The minimum Gasteiger partial charge on any atom is -0.467 e. The van der Waals surface area contributed by atoms with Crippen molar-refractivity contribution < 1.29 is 23.8 Å². The van der Waals surface area contributed by atoms with Crippen LogP contribution in [0, 0.1) is 12.3 Å². The van der Waals surface area contributed by atoms with Crippen molar-refractivity contribution in [3.63, 3.8) is 0 Å². The Kier molecular flexibility index (Phi) is 8.30. The number of ether oxygens (including phenoxy) is 3. The zero-order chi connectivity index (χ0) is 25.6. The number of aromatic nitrogens is 2. The fourth-order valence-electron chi connectivity index (χ4n) is 3.30. The van der Waals surface area contributed by atoms with Gasteiger partial charge in [-0.05, 0) is 76.3 Å². The van der Waals surface area contributed by atoms with Crippen LogP contribution >= 0.6 is 0 Å². The lowest BCUT2D eigenvalue weighted by Gasteiger charge is -2.24. The van der Waals surface area contributed by atoms with Crippen LogP contribution in [0.25, 0.3) is 11.3 Å². The van der Waals surface area contributed by atoms with Crippen LogP contribution in [-0.4, -0.2) is 59.7 Å². The molecule has 1 aromatic heterocycles. The summed E-state index contributed by atoms with van der Waals surface area (Å²) < 4.78 is 16.4. The predicted octanol–water partition coefficient (Wildman–Crippen LogP) is 4.18. The maximum Gasteiger partial charge on any atom is 0.410 e. The third kappa shape index (κ3) is 7.42. The van der Waals surface area contributed by atoms with Crippen molar-refractivity contribution in [1.29, 1.82) is 0 Å². The zero-order valence-electron chi connectivity index (χ0n) is 20.9. The number of carbonyl (C=O) groups is 2. The summed E-state index contributed by atoms with van der Waals surface area (Å²) in [5.74, 6) is 3.39. The highest BCUT2D eigenvalue weighted by Crippen LogP contribution is 2.45. The molecule has 2 aromatic rings. The van der Waals surface area contributed by atoms with E-state index in [0.717, 1.165) is 24.0 Å². The molecule has 9 nitrogen and oxygen atoms in total. The number of carbonyl (C=O) groups excluding carboxylic acids is 2. The quantitative estimate of drug-likeness (QED) is 0.326. The highest BCUT2D eigenvalue weighted by molar-refractivity contribution is 5.93. The largest absolute Gasteiger partial charge is 0.467 e. The molecule has 1 aromatic carbocycles. The molecule has 1 saturated carbocycles. The Labute approximate surface area is 206 Å². The number of hydrogen-bond donors (Lipinski definition) is 1. The number of nitrogens with zero attached hydrogens (tertiary/aromatic N) is 3. The van der Waals surface area contributed by atoms with Crippen LogP contribution in [0.4, 0.5) is 10.6 Å². The maximum absolute atomic E-state index is 12.5. The molecule has 9 heteroatoms. The molecule has 0 radical (unpaired) electrons. The molecule has 0 unspecified atom stereocenters. The van der Waals surface area contributed by atoms with Gasteiger partial charge < -0.3 is 24.4 Å². The summed E-state index contributed by atoms with van der Waals surface area (Å²) in [5, 5.41) is 11.4. The fourth-order valence-corrected chi connectivity index (χ4v) is 3.30. The first-order valence-electron chi connectivity index (χ1n) is 11.5. The van der Waals surface area contributed by atoms with Crippen LogP contribution in [0.2, 0.25) is 0 Å². The summed E-state index contributed by atoms with van der Waals surface area (Å²) in [5.41, 5.74) is 2.42. The molecule has 3 rings (SSSR count). The van der Waals surface area contributed by atoms with Crippen molar-refractivity contribution in [3.8, 4) is 29.4 Å². The minimum absolute atomic E-state index is 0.0863. The van der Waals surface area contributed by atoms with Crippen LogP contribution < -0.4 is 10.1 Å². The van der Waals surface area contributed by atoms with E-state index in [0.29, 0.717) is 35.3 Å². The number of amides is 2. The van der Waals surface area contributed by atoms with Crippen LogP contribution in [0.3, 0.4) is 0 Å². The van der Waals surface area contributed by atoms with E-state index < -0.39 is 17.6 Å². The Hall–Kier alpha value is -3.64. The van der Waals surface area contributed by atoms with Gasteiger partial charge >= 0.3 is 6.09 Å². The molecule has 1 fully saturated rings. The molecular formula is C26H32N4O5. The minimum atomic E-state index is -0.647. The number of anilines is 1. The molecule has 0 spiro atoms. The summed E-state index contributed by atoms with van der Waals surface area (Å²) >= 11 is 0. The van der Waals surface area contributed by atoms with E-state index >= 15 is 0 Å². The Balaban J connectivity index is 1.80. The lowest BCUT2D eigenvalue weighted by Crippen LogP contribution is -2.38. The normalized spacial score (nSPS) is 13.0. The van der Waals surface area contributed by atoms with Crippen LogP contribution in [0.15, 0.2) is 24.3 Å². The van der Waals surface area contributed by atoms with Gasteiger partial charge in [0.05, 0.1) is 0 Å². The van der Waals surface area contributed by atoms with Gasteiger partial charge in [-0.25, -0.2) is 4.79 Å². The first-order chi connectivity index (χ1) is 16.6. The average Bonchev–Trinajstić information content (AvgIpc) is 3.63. The standard InChI is InChI=1S/C26H32N4O5/c1-7-17-9-12-19(21(13-17)34-16-33-8-2)24-20(18-10-11-18)14-22(28-29-24)27-23(31)15-30(6)25(32)35-26(3,4)5/h1,9,12-14,18H,8,10-11,15-16H2,2-6H3,(H,27,28,31). The van der Waals surface area contributed by atoms with Gasteiger partial charge in [0.15, 0.2) is 12.6 Å². The van der Waals surface area contributed by atoms with Gasteiger partial charge in [-0.2, -0.15) is 0 Å². The van der Waals surface area contributed by atoms with Gasteiger partial charge in [0, 0.05) is 24.8 Å². The highest BCUT2D eigenvalue weighted by Gasteiger charge is 2.29. The molecule has 0 atom stereocenters. The molecule has 35 heavy (non-hydrogen) atoms. The van der Waals surface area contributed by atoms with Crippen LogP contribution in [0.5, 0.6) is 5.75 Å². The van der Waals surface area contributed by atoms with E-state index in [1.54, 1.807) is 26.8 Å². The van der Waals surface area contributed by atoms with Crippen molar-refractivity contribution in [2.24, 2.45) is 0 Å². The summed E-state index contributed by atoms with van der Waals surface area (Å²) in [6.07, 6.45) is 7.02. The molecule has 2 amide bonds. The second kappa shape index (κ2) is 11.2. The number of benzene rings is 1. The van der Waals surface area contributed by atoms with Crippen molar-refractivity contribution in [2.75, 3.05) is 32.3 Å². The first kappa shape index (κ1) is 26.0. The number of likely N-dealkylation sites (N-methyl/N-ethyl adjacent to an activating group) is 1. The van der Waals surface area contributed by atoms with Crippen molar-refractivity contribution >= 4 is 17.8 Å².